The van der Waals surface area contributed by atoms with E-state index < -0.39 is 28.5 Å². The van der Waals surface area contributed by atoms with E-state index in [0.29, 0.717) is 5.69 Å². The summed E-state index contributed by atoms with van der Waals surface area (Å²) in [6, 6.07) is 21.9. The maximum atomic E-state index is 14.0. The van der Waals surface area contributed by atoms with Gasteiger partial charge in [0.1, 0.15) is 12.6 Å². The Bertz CT molecular complexity index is 1390. The zero-order valence-corrected chi connectivity index (χ0v) is 25.3. The van der Waals surface area contributed by atoms with Crippen LogP contribution in [0.3, 0.4) is 0 Å². The van der Waals surface area contributed by atoms with Crippen LogP contribution in [0.5, 0.6) is 0 Å². The lowest BCUT2D eigenvalue weighted by Crippen LogP contribution is -2.53. The molecule has 1 N–H and O–H groups in total. The van der Waals surface area contributed by atoms with Gasteiger partial charge >= 0.3 is 0 Å². The quantitative estimate of drug-likeness (QED) is 0.308. The fraction of sp³-hybridized carbons (Fsp3) is 0.355. The Hall–Kier alpha value is -3.17. The molecule has 0 heterocycles. The molecule has 1 aliphatic rings. The molecule has 0 saturated heterocycles. The van der Waals surface area contributed by atoms with Gasteiger partial charge in [-0.25, -0.2) is 8.42 Å². The number of amides is 2. The van der Waals surface area contributed by atoms with Crippen molar-refractivity contribution in [3.8, 4) is 0 Å². The number of benzene rings is 3. The SMILES string of the molecule is Cc1ccc(CN(C(=O)CN(c2ccc(Br)cc2)S(=O)(=O)c2ccccc2)[C@H](C)C(=O)NC2CCCCC2)cc1. The van der Waals surface area contributed by atoms with E-state index in [1.807, 2.05) is 31.2 Å². The second kappa shape index (κ2) is 13.5. The predicted molar refractivity (Wildman–Crippen MR) is 161 cm³/mol. The van der Waals surface area contributed by atoms with Crippen molar-refractivity contribution in [1.29, 1.82) is 0 Å². The summed E-state index contributed by atoms with van der Waals surface area (Å²) in [7, 11) is -4.07. The van der Waals surface area contributed by atoms with Gasteiger partial charge < -0.3 is 10.2 Å². The number of nitrogens with one attached hydrogen (secondary N) is 1. The number of rotatable bonds is 10. The predicted octanol–water partition coefficient (Wildman–Crippen LogP) is 5.82. The molecule has 0 aromatic heterocycles. The van der Waals surface area contributed by atoms with E-state index in [0.717, 1.165) is 45.6 Å². The topological polar surface area (TPSA) is 86.8 Å². The molecule has 0 radical (unpaired) electrons. The Labute approximate surface area is 245 Å². The lowest BCUT2D eigenvalue weighted by molar-refractivity contribution is -0.139. The number of sulfonamides is 1. The first kappa shape index (κ1) is 29.8. The van der Waals surface area contributed by atoms with Crippen molar-refractivity contribution in [3.63, 3.8) is 0 Å². The highest BCUT2D eigenvalue weighted by atomic mass is 79.9. The molecule has 1 atom stereocenters. The first-order chi connectivity index (χ1) is 19.1. The van der Waals surface area contributed by atoms with Crippen molar-refractivity contribution in [3.05, 3.63) is 94.5 Å². The average Bonchev–Trinajstić information content (AvgIpc) is 2.96. The van der Waals surface area contributed by atoms with Crippen LogP contribution in [0.25, 0.3) is 0 Å². The Morgan fingerprint density at radius 2 is 1.55 bits per heavy atom. The van der Waals surface area contributed by atoms with Gasteiger partial charge in [0.2, 0.25) is 11.8 Å². The Morgan fingerprint density at radius 3 is 2.17 bits per heavy atom. The molecule has 1 fully saturated rings. The zero-order chi connectivity index (χ0) is 28.7. The molecule has 9 heteroatoms. The number of carbonyl (C=O) groups is 2. The van der Waals surface area contributed by atoms with Gasteiger partial charge in [-0.05, 0) is 68.7 Å². The molecule has 1 saturated carbocycles. The van der Waals surface area contributed by atoms with E-state index >= 15 is 0 Å². The molecule has 2 amide bonds. The molecule has 3 aromatic carbocycles. The van der Waals surface area contributed by atoms with E-state index in [2.05, 4.69) is 21.2 Å². The van der Waals surface area contributed by atoms with Crippen molar-refractivity contribution in [2.24, 2.45) is 0 Å². The maximum absolute atomic E-state index is 14.0. The summed E-state index contributed by atoms with van der Waals surface area (Å²) < 4.78 is 29.5. The monoisotopic (exact) mass is 625 g/mol. The number of halogens is 1. The number of aryl methyl sites for hydroxylation is 1. The highest BCUT2D eigenvalue weighted by Gasteiger charge is 2.33. The van der Waals surface area contributed by atoms with Crippen LogP contribution in [0.1, 0.15) is 50.2 Å². The standard InChI is InChI=1S/C31H36BrN3O4S/c1-23-13-15-25(16-14-23)21-34(24(2)31(37)33-27-9-5-3-6-10-27)30(36)22-35(28-19-17-26(32)18-20-28)40(38,39)29-11-7-4-8-12-29/h4,7-8,11-20,24,27H,3,5-6,9-10,21-22H2,1-2H3,(H,33,37)/t24-/m1/s1. The van der Waals surface area contributed by atoms with Gasteiger partial charge in [-0.1, -0.05) is 83.2 Å². The number of carbonyl (C=O) groups excluding carboxylic acids is 2. The lowest BCUT2D eigenvalue weighted by Gasteiger charge is -2.33. The van der Waals surface area contributed by atoms with Crippen molar-refractivity contribution in [2.75, 3.05) is 10.8 Å². The molecule has 7 nitrogen and oxygen atoms in total. The molecule has 40 heavy (non-hydrogen) atoms. The van der Waals surface area contributed by atoms with Gasteiger partial charge in [0, 0.05) is 17.1 Å². The van der Waals surface area contributed by atoms with Crippen molar-refractivity contribution in [2.45, 2.75) is 69.5 Å². The van der Waals surface area contributed by atoms with Crippen LogP contribution in [-0.2, 0) is 26.2 Å². The first-order valence-electron chi connectivity index (χ1n) is 13.6. The second-order valence-corrected chi connectivity index (χ2v) is 13.1. The van der Waals surface area contributed by atoms with E-state index in [4.69, 9.17) is 0 Å². The molecule has 0 aliphatic heterocycles. The van der Waals surface area contributed by atoms with E-state index in [9.17, 15) is 18.0 Å². The highest BCUT2D eigenvalue weighted by molar-refractivity contribution is 9.10. The minimum atomic E-state index is -4.07. The molecule has 1 aliphatic carbocycles. The van der Waals surface area contributed by atoms with Crippen LogP contribution in [0.15, 0.2) is 88.2 Å². The smallest absolute Gasteiger partial charge is 0.264 e. The molecular weight excluding hydrogens is 590 g/mol. The molecule has 0 spiro atoms. The van der Waals surface area contributed by atoms with Gasteiger partial charge in [0.25, 0.3) is 10.0 Å². The van der Waals surface area contributed by atoms with Crippen LogP contribution >= 0.6 is 15.9 Å². The third-order valence-electron chi connectivity index (χ3n) is 7.32. The van der Waals surface area contributed by atoms with E-state index in [1.54, 1.807) is 49.4 Å². The summed E-state index contributed by atoms with van der Waals surface area (Å²) in [4.78, 5) is 28.9. The zero-order valence-electron chi connectivity index (χ0n) is 22.9. The van der Waals surface area contributed by atoms with Crippen LogP contribution in [0.4, 0.5) is 5.69 Å². The highest BCUT2D eigenvalue weighted by Crippen LogP contribution is 2.26. The van der Waals surface area contributed by atoms with Crippen LogP contribution in [0.2, 0.25) is 0 Å². The first-order valence-corrected chi connectivity index (χ1v) is 15.9. The van der Waals surface area contributed by atoms with Crippen molar-refractivity contribution in [1.82, 2.24) is 10.2 Å². The molecule has 0 bridgehead atoms. The Morgan fingerprint density at radius 1 is 0.925 bits per heavy atom. The van der Waals surface area contributed by atoms with Crippen molar-refractivity contribution >= 4 is 43.5 Å². The molecular formula is C31H36BrN3O4S. The third-order valence-corrected chi connectivity index (χ3v) is 9.63. The average molecular weight is 627 g/mol. The van der Waals surface area contributed by atoms with Crippen LogP contribution in [-0.4, -0.2) is 43.8 Å². The van der Waals surface area contributed by atoms with E-state index in [-0.39, 0.29) is 23.4 Å². The summed E-state index contributed by atoms with van der Waals surface area (Å²) in [5, 5.41) is 3.13. The summed E-state index contributed by atoms with van der Waals surface area (Å²) in [5.74, 6) is -0.692. The minimum absolute atomic E-state index is 0.0823. The minimum Gasteiger partial charge on any atom is -0.352 e. The molecule has 4 rings (SSSR count). The van der Waals surface area contributed by atoms with Gasteiger partial charge in [0.15, 0.2) is 0 Å². The summed E-state index contributed by atoms with van der Waals surface area (Å²) >= 11 is 3.39. The van der Waals surface area contributed by atoms with Gasteiger partial charge in [-0.3, -0.25) is 13.9 Å². The lowest BCUT2D eigenvalue weighted by atomic mass is 9.95. The Balaban J connectivity index is 1.65. The summed E-state index contributed by atoms with van der Waals surface area (Å²) in [5.41, 5.74) is 2.30. The number of nitrogens with zero attached hydrogens (tertiary/aromatic N) is 2. The van der Waals surface area contributed by atoms with E-state index in [1.165, 1.54) is 23.5 Å². The van der Waals surface area contributed by atoms with Gasteiger partial charge in [0.05, 0.1) is 10.6 Å². The van der Waals surface area contributed by atoms with Crippen LogP contribution in [0, 0.1) is 6.92 Å². The van der Waals surface area contributed by atoms with Gasteiger partial charge in [-0.15, -0.1) is 0 Å². The molecule has 3 aromatic rings. The largest absolute Gasteiger partial charge is 0.352 e. The fourth-order valence-corrected chi connectivity index (χ4v) is 6.60. The van der Waals surface area contributed by atoms with Crippen LogP contribution < -0.4 is 9.62 Å². The van der Waals surface area contributed by atoms with Gasteiger partial charge in [-0.2, -0.15) is 0 Å². The number of hydrogen-bond donors (Lipinski definition) is 1. The summed E-state index contributed by atoms with van der Waals surface area (Å²) in [6.45, 7) is 3.42. The fourth-order valence-electron chi connectivity index (χ4n) is 4.90. The number of anilines is 1. The maximum Gasteiger partial charge on any atom is 0.264 e. The Kier molecular flexibility index (Phi) is 10.0. The third kappa shape index (κ3) is 7.52. The van der Waals surface area contributed by atoms with Crippen molar-refractivity contribution < 1.29 is 18.0 Å². The molecule has 212 valence electrons. The second-order valence-electron chi connectivity index (χ2n) is 10.3. The molecule has 0 unspecified atom stereocenters. The summed E-state index contributed by atoms with van der Waals surface area (Å²) in [6.07, 6.45) is 5.17. The normalized spacial score (nSPS) is 14.8. The number of hydrogen-bond acceptors (Lipinski definition) is 4.